The quantitative estimate of drug-likeness (QED) is 0.639. The lowest BCUT2D eigenvalue weighted by atomic mass is 10.4. The van der Waals surface area contributed by atoms with Crippen LogP contribution in [0.15, 0.2) is 12.4 Å². The van der Waals surface area contributed by atoms with Gasteiger partial charge in [0, 0.05) is 26.3 Å². The minimum absolute atomic E-state index is 0.0589. The van der Waals surface area contributed by atoms with E-state index >= 15 is 0 Å². The van der Waals surface area contributed by atoms with Gasteiger partial charge in [0.1, 0.15) is 6.54 Å². The van der Waals surface area contributed by atoms with Crippen LogP contribution in [-0.4, -0.2) is 66.3 Å². The highest BCUT2D eigenvalue weighted by molar-refractivity contribution is 5.92. The summed E-state index contributed by atoms with van der Waals surface area (Å²) in [7, 11) is 1.57. The number of anilines is 1. The number of nitrogens with zero attached hydrogens (tertiary/aromatic N) is 3. The van der Waals surface area contributed by atoms with E-state index in [9.17, 15) is 9.59 Å². The first-order chi connectivity index (χ1) is 10.2. The largest absolute Gasteiger partial charge is 0.358 e. The molecule has 2 amide bonds. The van der Waals surface area contributed by atoms with E-state index in [4.69, 9.17) is 0 Å². The number of likely N-dealkylation sites (N-methyl/N-ethyl adjacent to an activating group) is 1. The minimum atomic E-state index is -0.131. The van der Waals surface area contributed by atoms with E-state index in [1.54, 1.807) is 19.4 Å². The number of aromatic nitrogens is 2. The summed E-state index contributed by atoms with van der Waals surface area (Å²) in [5, 5.41) is 12.7. The molecule has 1 aliphatic heterocycles. The van der Waals surface area contributed by atoms with Crippen LogP contribution >= 0.6 is 0 Å². The molecule has 1 saturated heterocycles. The highest BCUT2D eigenvalue weighted by atomic mass is 16.2. The van der Waals surface area contributed by atoms with Crippen molar-refractivity contribution in [1.82, 2.24) is 25.3 Å². The van der Waals surface area contributed by atoms with Crippen LogP contribution in [0.2, 0.25) is 0 Å². The van der Waals surface area contributed by atoms with Gasteiger partial charge < -0.3 is 16.0 Å². The molecule has 2 heterocycles. The Morgan fingerprint density at radius 3 is 2.95 bits per heavy atom. The van der Waals surface area contributed by atoms with E-state index in [1.807, 2.05) is 0 Å². The van der Waals surface area contributed by atoms with Gasteiger partial charge in [-0.05, 0) is 19.5 Å². The van der Waals surface area contributed by atoms with Gasteiger partial charge in [0.25, 0.3) is 0 Å². The van der Waals surface area contributed by atoms with E-state index < -0.39 is 0 Å². The molecule has 8 nitrogen and oxygen atoms in total. The zero-order valence-corrected chi connectivity index (χ0v) is 12.3. The summed E-state index contributed by atoms with van der Waals surface area (Å²) in [4.78, 5) is 25.4. The lowest BCUT2D eigenvalue weighted by Crippen LogP contribution is -2.35. The lowest BCUT2D eigenvalue weighted by molar-refractivity contribution is -0.121. The normalized spacial score (nSPS) is 16.2. The fourth-order valence-corrected chi connectivity index (χ4v) is 2.20. The molecule has 1 aromatic heterocycles. The number of carbonyl (C=O) groups excluding carboxylic acids is 2. The number of carbonyl (C=O) groups is 2. The molecule has 2 rings (SSSR count). The van der Waals surface area contributed by atoms with E-state index in [2.05, 4.69) is 25.9 Å². The highest BCUT2D eigenvalue weighted by Gasteiger charge is 2.13. The second-order valence-corrected chi connectivity index (χ2v) is 5.03. The molecule has 1 aromatic rings. The van der Waals surface area contributed by atoms with Gasteiger partial charge in [-0.1, -0.05) is 0 Å². The van der Waals surface area contributed by atoms with Crippen LogP contribution in [0.5, 0.6) is 0 Å². The fraction of sp³-hybridized carbons (Fsp3) is 0.615. The van der Waals surface area contributed by atoms with E-state index in [0.717, 1.165) is 32.6 Å². The Balaban J connectivity index is 1.80. The predicted octanol–water partition coefficient (Wildman–Crippen LogP) is -1.14. The van der Waals surface area contributed by atoms with Gasteiger partial charge in [-0.2, -0.15) is 5.10 Å². The van der Waals surface area contributed by atoms with Gasteiger partial charge >= 0.3 is 0 Å². The Labute approximate surface area is 123 Å². The Hall–Kier alpha value is -1.93. The molecule has 0 radical (unpaired) electrons. The summed E-state index contributed by atoms with van der Waals surface area (Å²) in [5.41, 5.74) is 0.608. The second-order valence-electron chi connectivity index (χ2n) is 5.03. The third-order valence-electron chi connectivity index (χ3n) is 3.30. The Morgan fingerprint density at radius 2 is 2.14 bits per heavy atom. The maximum atomic E-state index is 12.0. The molecule has 0 spiro atoms. The van der Waals surface area contributed by atoms with E-state index in [0.29, 0.717) is 12.2 Å². The van der Waals surface area contributed by atoms with Crippen molar-refractivity contribution in [2.24, 2.45) is 0 Å². The fourth-order valence-electron chi connectivity index (χ4n) is 2.20. The molecule has 0 aliphatic carbocycles. The highest BCUT2D eigenvalue weighted by Crippen LogP contribution is 2.05. The first-order valence-electron chi connectivity index (χ1n) is 7.13. The topological polar surface area (TPSA) is 91.3 Å². The van der Waals surface area contributed by atoms with E-state index in [-0.39, 0.29) is 18.4 Å². The number of amides is 2. The smallest absolute Gasteiger partial charge is 0.241 e. The molecule has 116 valence electrons. The first-order valence-corrected chi connectivity index (χ1v) is 7.13. The van der Waals surface area contributed by atoms with Crippen molar-refractivity contribution < 1.29 is 9.59 Å². The van der Waals surface area contributed by atoms with Gasteiger partial charge in [-0.15, -0.1) is 0 Å². The molecule has 0 aromatic carbocycles. The summed E-state index contributed by atoms with van der Waals surface area (Å²) < 4.78 is 1.49. The summed E-state index contributed by atoms with van der Waals surface area (Å²) in [5.74, 6) is -0.190. The molecule has 0 unspecified atom stereocenters. The molecule has 1 aliphatic rings. The first kappa shape index (κ1) is 15.5. The third kappa shape index (κ3) is 5.16. The molecule has 0 saturated carbocycles. The monoisotopic (exact) mass is 294 g/mol. The molecule has 21 heavy (non-hydrogen) atoms. The number of hydrogen-bond donors (Lipinski definition) is 3. The van der Waals surface area contributed by atoms with Gasteiger partial charge in [-0.3, -0.25) is 19.2 Å². The van der Waals surface area contributed by atoms with Gasteiger partial charge in [0.15, 0.2) is 0 Å². The lowest BCUT2D eigenvalue weighted by Gasteiger charge is -2.18. The van der Waals surface area contributed by atoms with Crippen LogP contribution < -0.4 is 16.0 Å². The number of nitrogens with one attached hydrogen (secondary N) is 3. The summed E-state index contributed by atoms with van der Waals surface area (Å²) in [6, 6.07) is 0. The Morgan fingerprint density at radius 1 is 1.29 bits per heavy atom. The number of rotatable bonds is 5. The van der Waals surface area contributed by atoms with Crippen LogP contribution in [0.1, 0.15) is 6.42 Å². The molecule has 0 bridgehead atoms. The molecular formula is C13H22N6O2. The van der Waals surface area contributed by atoms with Crippen LogP contribution in [0.4, 0.5) is 5.69 Å². The summed E-state index contributed by atoms with van der Waals surface area (Å²) >= 11 is 0. The Bertz CT molecular complexity index is 479. The summed E-state index contributed by atoms with van der Waals surface area (Å²) in [6.07, 6.45) is 4.25. The zero-order valence-electron chi connectivity index (χ0n) is 12.3. The number of hydrogen-bond acceptors (Lipinski definition) is 5. The standard InChI is InChI=1S/C13H22N6O2/c1-14-12(20)10-19-8-11(7-16-19)17-13(21)9-18-5-2-3-15-4-6-18/h7-8,15H,2-6,9-10H2,1H3,(H,14,20)(H,17,21). The van der Waals surface area contributed by atoms with Crippen molar-refractivity contribution in [3.05, 3.63) is 12.4 Å². The maximum Gasteiger partial charge on any atom is 0.241 e. The van der Waals surface area contributed by atoms with Crippen molar-refractivity contribution in [2.45, 2.75) is 13.0 Å². The van der Waals surface area contributed by atoms with Gasteiger partial charge in [0.05, 0.1) is 18.4 Å². The average Bonchev–Trinajstić information content (AvgIpc) is 2.72. The van der Waals surface area contributed by atoms with Crippen LogP contribution in [0, 0.1) is 0 Å². The molecule has 8 heteroatoms. The van der Waals surface area contributed by atoms with Crippen molar-refractivity contribution in [3.8, 4) is 0 Å². The molecule has 0 atom stereocenters. The third-order valence-corrected chi connectivity index (χ3v) is 3.30. The van der Waals surface area contributed by atoms with Gasteiger partial charge in [-0.25, -0.2) is 0 Å². The van der Waals surface area contributed by atoms with Crippen LogP contribution in [0.3, 0.4) is 0 Å². The Kier molecular flexibility index (Phi) is 5.70. The SMILES string of the molecule is CNC(=O)Cn1cc(NC(=O)CN2CCCNCC2)cn1. The molecule has 3 N–H and O–H groups in total. The average molecular weight is 294 g/mol. The van der Waals surface area contributed by atoms with Crippen LogP contribution in [0.25, 0.3) is 0 Å². The second kappa shape index (κ2) is 7.75. The minimum Gasteiger partial charge on any atom is -0.358 e. The van der Waals surface area contributed by atoms with Crippen molar-refractivity contribution in [1.29, 1.82) is 0 Å². The zero-order chi connectivity index (χ0) is 15.1. The molecular weight excluding hydrogens is 272 g/mol. The van der Waals surface area contributed by atoms with Crippen LogP contribution in [-0.2, 0) is 16.1 Å². The van der Waals surface area contributed by atoms with Gasteiger partial charge in [0.2, 0.25) is 11.8 Å². The molecule has 1 fully saturated rings. The van der Waals surface area contributed by atoms with Crippen molar-refractivity contribution in [3.63, 3.8) is 0 Å². The van der Waals surface area contributed by atoms with E-state index in [1.165, 1.54) is 4.68 Å². The van der Waals surface area contributed by atoms with Crippen molar-refractivity contribution >= 4 is 17.5 Å². The summed E-state index contributed by atoms with van der Waals surface area (Å²) in [6.45, 7) is 4.24. The van der Waals surface area contributed by atoms with Crippen molar-refractivity contribution in [2.75, 3.05) is 45.1 Å². The maximum absolute atomic E-state index is 12.0. The predicted molar refractivity (Wildman–Crippen MR) is 78.9 cm³/mol.